The first kappa shape index (κ1) is 19.3. The average molecular weight is 374 g/mol. The van der Waals surface area contributed by atoms with Crippen molar-refractivity contribution in [3.63, 3.8) is 0 Å². The van der Waals surface area contributed by atoms with Crippen LogP contribution in [0.1, 0.15) is 60.9 Å². The lowest BCUT2D eigenvalue weighted by Crippen LogP contribution is -2.12. The van der Waals surface area contributed by atoms with Crippen molar-refractivity contribution in [3.8, 4) is 11.5 Å². The summed E-state index contributed by atoms with van der Waals surface area (Å²) < 4.78 is 34.0. The molecule has 0 bridgehead atoms. The fourth-order valence-electron chi connectivity index (χ4n) is 3.65. The molecule has 0 N–H and O–H groups in total. The topological polar surface area (TPSA) is 35.5 Å². The molecule has 3 rings (SSSR count). The molecule has 2 aromatic rings. The largest absolute Gasteiger partial charge is 0.435 e. The van der Waals surface area contributed by atoms with E-state index >= 15 is 0 Å². The Morgan fingerprint density at radius 3 is 2.11 bits per heavy atom. The van der Waals surface area contributed by atoms with Gasteiger partial charge in [0.05, 0.1) is 5.56 Å². The molecule has 0 spiro atoms. The molecular weight excluding hydrogens is 350 g/mol. The zero-order valence-corrected chi connectivity index (χ0v) is 15.4. The maximum atomic E-state index is 12.2. The van der Waals surface area contributed by atoms with E-state index in [0.29, 0.717) is 11.7 Å². The Labute approximate surface area is 158 Å². The normalized spacial score (nSPS) is 19.7. The number of rotatable bonds is 6. The highest BCUT2D eigenvalue weighted by Gasteiger charge is 2.21. The van der Waals surface area contributed by atoms with Crippen LogP contribution in [0.4, 0.5) is 8.78 Å². The molecule has 144 valence electrons. The highest BCUT2D eigenvalue weighted by molar-refractivity contribution is 5.91. The van der Waals surface area contributed by atoms with Gasteiger partial charge in [-0.1, -0.05) is 25.5 Å². The molecule has 1 saturated carbocycles. The van der Waals surface area contributed by atoms with Gasteiger partial charge in [-0.25, -0.2) is 4.79 Å². The number of hydrogen-bond acceptors (Lipinski definition) is 3. The number of alkyl halides is 2. The minimum atomic E-state index is -2.89. The summed E-state index contributed by atoms with van der Waals surface area (Å²) in [5.74, 6) is 1.39. The fourth-order valence-corrected chi connectivity index (χ4v) is 3.65. The van der Waals surface area contributed by atoms with Crippen LogP contribution in [0.25, 0.3) is 0 Å². The summed E-state index contributed by atoms with van der Waals surface area (Å²) in [6.45, 7) is -0.633. The number of carbonyl (C=O) groups excluding carboxylic acids is 1. The quantitative estimate of drug-likeness (QED) is 0.447. The molecule has 0 aromatic heterocycles. The van der Waals surface area contributed by atoms with E-state index in [1.165, 1.54) is 61.9 Å². The molecule has 0 heterocycles. The summed E-state index contributed by atoms with van der Waals surface area (Å²) in [6, 6.07) is 13.1. The van der Waals surface area contributed by atoms with Gasteiger partial charge in [0.15, 0.2) is 0 Å². The Bertz CT molecular complexity index is 733. The Balaban J connectivity index is 1.57. The van der Waals surface area contributed by atoms with Crippen molar-refractivity contribution < 1.29 is 23.0 Å². The third kappa shape index (κ3) is 5.28. The highest BCUT2D eigenvalue weighted by Crippen LogP contribution is 2.37. The van der Waals surface area contributed by atoms with E-state index in [2.05, 4.69) is 11.7 Å². The van der Waals surface area contributed by atoms with Crippen molar-refractivity contribution in [1.82, 2.24) is 0 Å². The van der Waals surface area contributed by atoms with Crippen molar-refractivity contribution in [2.75, 3.05) is 0 Å². The standard InChI is InChI=1S/C22H24F2O3/c1-2-15-3-5-16(6-4-15)17-7-11-19(12-8-17)26-21(25)18-9-13-20(14-10-18)27-22(23)24/h7-16,22H,2-6H2,1H3. The number of hydrogen-bond donors (Lipinski definition) is 0. The van der Waals surface area contributed by atoms with Crippen molar-refractivity contribution in [2.24, 2.45) is 5.92 Å². The van der Waals surface area contributed by atoms with Gasteiger partial charge in [0, 0.05) is 0 Å². The van der Waals surface area contributed by atoms with E-state index in [1.807, 2.05) is 24.3 Å². The maximum Gasteiger partial charge on any atom is 0.387 e. The van der Waals surface area contributed by atoms with E-state index < -0.39 is 12.6 Å². The van der Waals surface area contributed by atoms with Crippen LogP contribution in [-0.2, 0) is 0 Å². The van der Waals surface area contributed by atoms with E-state index in [4.69, 9.17) is 4.74 Å². The monoisotopic (exact) mass is 374 g/mol. The van der Waals surface area contributed by atoms with Gasteiger partial charge in [0.2, 0.25) is 0 Å². The van der Waals surface area contributed by atoms with Gasteiger partial charge in [-0.3, -0.25) is 0 Å². The molecule has 5 heteroatoms. The van der Waals surface area contributed by atoms with Crippen molar-refractivity contribution in [1.29, 1.82) is 0 Å². The van der Waals surface area contributed by atoms with Crippen LogP contribution in [0.5, 0.6) is 11.5 Å². The molecule has 0 saturated heterocycles. The molecule has 0 unspecified atom stereocenters. The third-order valence-electron chi connectivity index (χ3n) is 5.30. The van der Waals surface area contributed by atoms with Crippen LogP contribution in [0, 0.1) is 5.92 Å². The van der Waals surface area contributed by atoms with Crippen LogP contribution >= 0.6 is 0 Å². The predicted molar refractivity (Wildman–Crippen MR) is 99.5 cm³/mol. The minimum Gasteiger partial charge on any atom is -0.435 e. The van der Waals surface area contributed by atoms with Crippen LogP contribution < -0.4 is 9.47 Å². The summed E-state index contributed by atoms with van der Waals surface area (Å²) in [4.78, 5) is 12.2. The van der Waals surface area contributed by atoms with Crippen molar-refractivity contribution >= 4 is 5.97 Å². The molecule has 0 atom stereocenters. The van der Waals surface area contributed by atoms with Crippen molar-refractivity contribution in [2.45, 2.75) is 51.6 Å². The Hall–Kier alpha value is -2.43. The average Bonchev–Trinajstić information content (AvgIpc) is 2.69. The number of carbonyl (C=O) groups is 1. The van der Waals surface area contributed by atoms with Gasteiger partial charge in [0.25, 0.3) is 0 Å². The smallest absolute Gasteiger partial charge is 0.387 e. The molecule has 0 aliphatic heterocycles. The second kappa shape index (κ2) is 8.98. The summed E-state index contributed by atoms with van der Waals surface area (Å²) in [5.41, 5.74) is 1.57. The molecule has 0 amide bonds. The fraction of sp³-hybridized carbons (Fsp3) is 0.409. The number of benzene rings is 2. The molecule has 2 aromatic carbocycles. The lowest BCUT2D eigenvalue weighted by atomic mass is 9.78. The molecule has 0 radical (unpaired) electrons. The SMILES string of the molecule is CCC1CCC(c2ccc(OC(=O)c3ccc(OC(F)F)cc3)cc2)CC1. The zero-order valence-electron chi connectivity index (χ0n) is 15.4. The lowest BCUT2D eigenvalue weighted by Gasteiger charge is -2.28. The molecule has 27 heavy (non-hydrogen) atoms. The third-order valence-corrected chi connectivity index (χ3v) is 5.30. The van der Waals surface area contributed by atoms with Crippen LogP contribution in [0.3, 0.4) is 0 Å². The van der Waals surface area contributed by atoms with Gasteiger partial charge in [-0.15, -0.1) is 0 Å². The van der Waals surface area contributed by atoms with Crippen molar-refractivity contribution in [3.05, 3.63) is 59.7 Å². The molecule has 3 nitrogen and oxygen atoms in total. The Morgan fingerprint density at radius 1 is 0.963 bits per heavy atom. The van der Waals surface area contributed by atoms with E-state index in [9.17, 15) is 13.6 Å². The maximum absolute atomic E-state index is 12.2. The number of ether oxygens (including phenoxy) is 2. The Kier molecular flexibility index (Phi) is 6.43. The zero-order chi connectivity index (χ0) is 19.2. The number of esters is 1. The van der Waals surface area contributed by atoms with Gasteiger partial charge >= 0.3 is 12.6 Å². The molecule has 1 aliphatic rings. The first-order chi connectivity index (χ1) is 13.0. The second-order valence-electron chi connectivity index (χ2n) is 6.99. The first-order valence-corrected chi connectivity index (χ1v) is 9.42. The molecule has 1 fully saturated rings. The summed E-state index contributed by atoms with van der Waals surface area (Å²) in [6.07, 6.45) is 6.25. The second-order valence-corrected chi connectivity index (χ2v) is 6.99. The summed E-state index contributed by atoms with van der Waals surface area (Å²) >= 11 is 0. The van der Waals surface area contributed by atoms with Gasteiger partial charge in [0.1, 0.15) is 11.5 Å². The highest BCUT2D eigenvalue weighted by atomic mass is 19.3. The summed E-state index contributed by atoms with van der Waals surface area (Å²) in [5, 5.41) is 0. The van der Waals surface area contributed by atoms with Gasteiger partial charge in [-0.2, -0.15) is 8.78 Å². The van der Waals surface area contributed by atoms with E-state index in [0.717, 1.165) is 5.92 Å². The van der Waals surface area contributed by atoms with E-state index in [-0.39, 0.29) is 11.3 Å². The molecule has 1 aliphatic carbocycles. The molecular formula is C22H24F2O3. The Morgan fingerprint density at radius 2 is 1.56 bits per heavy atom. The number of halogens is 2. The summed E-state index contributed by atoms with van der Waals surface area (Å²) in [7, 11) is 0. The van der Waals surface area contributed by atoms with Crippen LogP contribution in [-0.4, -0.2) is 12.6 Å². The first-order valence-electron chi connectivity index (χ1n) is 9.42. The predicted octanol–water partition coefficient (Wildman–Crippen LogP) is 6.19. The van der Waals surface area contributed by atoms with Gasteiger partial charge in [-0.05, 0) is 79.5 Å². The van der Waals surface area contributed by atoms with Crippen LogP contribution in [0.15, 0.2) is 48.5 Å². The lowest BCUT2D eigenvalue weighted by molar-refractivity contribution is -0.0498. The van der Waals surface area contributed by atoms with Crippen LogP contribution in [0.2, 0.25) is 0 Å². The minimum absolute atomic E-state index is 0.00342. The van der Waals surface area contributed by atoms with Gasteiger partial charge < -0.3 is 9.47 Å². The van der Waals surface area contributed by atoms with E-state index in [1.54, 1.807) is 0 Å².